The molecule has 1 aromatic heterocycles. The number of nitrogens with zero attached hydrogens (tertiary/aromatic N) is 2. The molecule has 0 saturated carbocycles. The molecule has 1 aliphatic rings. The van der Waals surface area contributed by atoms with Crippen LogP contribution in [0.4, 0.5) is 5.13 Å². The van der Waals surface area contributed by atoms with E-state index in [9.17, 15) is 13.2 Å². The molecule has 2 heterocycles. The minimum atomic E-state index is -3.53. The van der Waals surface area contributed by atoms with E-state index >= 15 is 0 Å². The van der Waals surface area contributed by atoms with Crippen LogP contribution in [0.1, 0.15) is 49.4 Å². The molecule has 0 bridgehead atoms. The van der Waals surface area contributed by atoms with Crippen LogP contribution in [0.15, 0.2) is 28.5 Å². The maximum Gasteiger partial charge on any atom is 0.243 e. The van der Waals surface area contributed by atoms with Crippen LogP contribution in [-0.4, -0.2) is 36.7 Å². The van der Waals surface area contributed by atoms with E-state index in [4.69, 9.17) is 0 Å². The highest BCUT2D eigenvalue weighted by molar-refractivity contribution is 7.89. The van der Waals surface area contributed by atoms with E-state index in [1.807, 2.05) is 31.4 Å². The van der Waals surface area contributed by atoms with E-state index in [-0.39, 0.29) is 11.8 Å². The summed E-state index contributed by atoms with van der Waals surface area (Å²) in [5.41, 5.74) is 2.76. The molecule has 3 rings (SSSR count). The maximum absolute atomic E-state index is 13.0. The topological polar surface area (TPSA) is 79.4 Å². The van der Waals surface area contributed by atoms with Crippen LogP contribution in [0.2, 0.25) is 0 Å². The molecule has 1 aliphatic heterocycles. The molecule has 1 N–H and O–H groups in total. The summed E-state index contributed by atoms with van der Waals surface area (Å²) in [4.78, 5) is 17.3. The number of aryl methyl sites for hydroxylation is 2. The molecule has 6 nitrogen and oxygen atoms in total. The van der Waals surface area contributed by atoms with Crippen molar-refractivity contribution in [2.45, 2.75) is 51.3 Å². The monoisotopic (exact) mass is 421 g/mol. The molecular formula is C20H27N3O3S2. The third kappa shape index (κ3) is 4.45. The zero-order valence-corrected chi connectivity index (χ0v) is 18.4. The van der Waals surface area contributed by atoms with Gasteiger partial charge in [-0.2, -0.15) is 4.31 Å². The highest BCUT2D eigenvalue weighted by Crippen LogP contribution is 2.28. The van der Waals surface area contributed by atoms with Crippen molar-refractivity contribution in [3.05, 3.63) is 40.4 Å². The summed E-state index contributed by atoms with van der Waals surface area (Å²) in [6.07, 6.45) is 1.02. The van der Waals surface area contributed by atoms with E-state index in [1.54, 1.807) is 6.07 Å². The fourth-order valence-corrected chi connectivity index (χ4v) is 5.95. The third-order valence-electron chi connectivity index (χ3n) is 5.12. The van der Waals surface area contributed by atoms with Gasteiger partial charge in [-0.25, -0.2) is 13.4 Å². The van der Waals surface area contributed by atoms with Gasteiger partial charge in [0.25, 0.3) is 0 Å². The van der Waals surface area contributed by atoms with Gasteiger partial charge in [0.1, 0.15) is 0 Å². The number of carbonyl (C=O) groups excluding carboxylic acids is 1. The molecule has 1 amide bonds. The number of amides is 1. The van der Waals surface area contributed by atoms with Crippen molar-refractivity contribution in [2.24, 2.45) is 5.92 Å². The molecule has 0 atom stereocenters. The van der Waals surface area contributed by atoms with Crippen molar-refractivity contribution in [1.82, 2.24) is 9.29 Å². The molecule has 28 heavy (non-hydrogen) atoms. The lowest BCUT2D eigenvalue weighted by Gasteiger charge is -2.30. The molecule has 2 aromatic rings. The van der Waals surface area contributed by atoms with E-state index in [0.717, 1.165) is 16.8 Å². The molecule has 0 spiro atoms. The number of aromatic nitrogens is 1. The van der Waals surface area contributed by atoms with Gasteiger partial charge in [0.05, 0.1) is 10.6 Å². The van der Waals surface area contributed by atoms with Gasteiger partial charge in [-0.05, 0) is 44.2 Å². The van der Waals surface area contributed by atoms with Crippen molar-refractivity contribution < 1.29 is 13.2 Å². The first-order valence-corrected chi connectivity index (χ1v) is 11.8. The van der Waals surface area contributed by atoms with Crippen LogP contribution in [0.3, 0.4) is 0 Å². The average molecular weight is 422 g/mol. The van der Waals surface area contributed by atoms with E-state index in [1.165, 1.54) is 15.6 Å². The Morgan fingerprint density at radius 3 is 2.50 bits per heavy atom. The van der Waals surface area contributed by atoms with Crippen molar-refractivity contribution in [1.29, 1.82) is 0 Å². The summed E-state index contributed by atoms with van der Waals surface area (Å²) < 4.78 is 27.4. The van der Waals surface area contributed by atoms with Gasteiger partial charge in [-0.1, -0.05) is 31.5 Å². The number of carbonyl (C=O) groups is 1. The first-order valence-electron chi connectivity index (χ1n) is 9.52. The zero-order valence-electron chi connectivity index (χ0n) is 16.7. The Hall–Kier alpha value is -1.77. The SMILES string of the molecule is Cc1ccc(S(=O)(=O)N2CCC(C(=O)Nc3nc(C(C)C)cs3)CC2)c(C)c1. The number of sulfonamides is 1. The van der Waals surface area contributed by atoms with Crippen LogP contribution >= 0.6 is 11.3 Å². The second-order valence-corrected chi connectivity index (χ2v) is 10.4. The van der Waals surface area contributed by atoms with Gasteiger partial charge >= 0.3 is 0 Å². The summed E-state index contributed by atoms with van der Waals surface area (Å²) in [6, 6.07) is 5.37. The van der Waals surface area contributed by atoms with E-state index < -0.39 is 10.0 Å². The number of benzene rings is 1. The van der Waals surface area contributed by atoms with E-state index in [0.29, 0.717) is 41.9 Å². The minimum absolute atomic E-state index is 0.0757. The van der Waals surface area contributed by atoms with Crippen molar-refractivity contribution in [3.63, 3.8) is 0 Å². The smallest absolute Gasteiger partial charge is 0.243 e. The molecule has 1 aromatic carbocycles. The number of rotatable bonds is 5. The molecule has 152 valence electrons. The Morgan fingerprint density at radius 1 is 1.25 bits per heavy atom. The normalized spacial score (nSPS) is 16.5. The first kappa shape index (κ1) is 21.0. The van der Waals surface area contributed by atoms with Gasteiger partial charge in [-0.15, -0.1) is 11.3 Å². The highest BCUT2D eigenvalue weighted by Gasteiger charge is 2.33. The van der Waals surface area contributed by atoms with Crippen LogP contribution in [0, 0.1) is 19.8 Å². The molecule has 0 aliphatic carbocycles. The van der Waals surface area contributed by atoms with E-state index in [2.05, 4.69) is 24.1 Å². The number of thiazole rings is 1. The summed E-state index contributed by atoms with van der Waals surface area (Å²) in [5.74, 6) is 0.0470. The lowest BCUT2D eigenvalue weighted by atomic mass is 9.97. The van der Waals surface area contributed by atoms with Crippen LogP contribution in [-0.2, 0) is 14.8 Å². The predicted octanol–water partition coefficient (Wildman–Crippen LogP) is 3.92. The zero-order chi connectivity index (χ0) is 20.5. The fraction of sp³-hybridized carbons (Fsp3) is 0.500. The number of anilines is 1. The Bertz CT molecular complexity index is 959. The second-order valence-electron chi connectivity index (χ2n) is 7.67. The van der Waals surface area contributed by atoms with Gasteiger partial charge in [0.2, 0.25) is 15.9 Å². The summed E-state index contributed by atoms with van der Waals surface area (Å²) in [6.45, 7) is 8.59. The Balaban J connectivity index is 1.62. The maximum atomic E-state index is 13.0. The van der Waals surface area contributed by atoms with Gasteiger partial charge in [-0.3, -0.25) is 4.79 Å². The lowest BCUT2D eigenvalue weighted by molar-refractivity contribution is -0.120. The Kier molecular flexibility index (Phi) is 6.21. The van der Waals surface area contributed by atoms with Crippen molar-refractivity contribution >= 4 is 32.4 Å². The minimum Gasteiger partial charge on any atom is -0.302 e. The molecule has 0 radical (unpaired) electrons. The number of piperidine rings is 1. The summed E-state index contributed by atoms with van der Waals surface area (Å²) in [7, 11) is -3.53. The number of hydrogen-bond donors (Lipinski definition) is 1. The number of nitrogens with one attached hydrogen (secondary N) is 1. The molecule has 1 fully saturated rings. The van der Waals surface area contributed by atoms with Crippen LogP contribution < -0.4 is 5.32 Å². The quantitative estimate of drug-likeness (QED) is 0.793. The summed E-state index contributed by atoms with van der Waals surface area (Å²) >= 11 is 1.43. The average Bonchev–Trinajstić information content (AvgIpc) is 3.10. The summed E-state index contributed by atoms with van der Waals surface area (Å²) in [5, 5.41) is 5.46. The number of hydrogen-bond acceptors (Lipinski definition) is 5. The predicted molar refractivity (Wildman–Crippen MR) is 112 cm³/mol. The fourth-order valence-electron chi connectivity index (χ4n) is 3.40. The van der Waals surface area contributed by atoms with Crippen molar-refractivity contribution in [3.8, 4) is 0 Å². The highest BCUT2D eigenvalue weighted by atomic mass is 32.2. The molecule has 1 saturated heterocycles. The Labute approximate surface area is 171 Å². The van der Waals surface area contributed by atoms with Crippen LogP contribution in [0.5, 0.6) is 0 Å². The standard InChI is InChI=1S/C20H27N3O3S2/c1-13(2)17-12-27-20(21-17)22-19(24)16-7-9-23(10-8-16)28(25,26)18-6-5-14(3)11-15(18)4/h5-6,11-13,16H,7-10H2,1-4H3,(H,21,22,24). The van der Waals surface area contributed by atoms with Gasteiger partial charge < -0.3 is 5.32 Å². The van der Waals surface area contributed by atoms with Gasteiger partial charge in [0.15, 0.2) is 5.13 Å². The van der Waals surface area contributed by atoms with Crippen molar-refractivity contribution in [2.75, 3.05) is 18.4 Å². The molecule has 0 unspecified atom stereocenters. The molecule has 8 heteroatoms. The Morgan fingerprint density at radius 2 is 1.93 bits per heavy atom. The van der Waals surface area contributed by atoms with Gasteiger partial charge in [0, 0.05) is 24.4 Å². The molecular weight excluding hydrogens is 394 g/mol. The first-order chi connectivity index (χ1) is 13.2. The van der Waals surface area contributed by atoms with Crippen LogP contribution in [0.25, 0.3) is 0 Å². The lowest BCUT2D eigenvalue weighted by Crippen LogP contribution is -2.41. The third-order valence-corrected chi connectivity index (χ3v) is 7.95. The largest absolute Gasteiger partial charge is 0.302 e. The second kappa shape index (κ2) is 8.31.